The van der Waals surface area contributed by atoms with E-state index in [2.05, 4.69) is 30.2 Å². The molecule has 4 rings (SSSR count). The first-order chi connectivity index (χ1) is 15.9. The molecule has 33 heavy (non-hydrogen) atoms. The maximum absolute atomic E-state index is 13.4. The van der Waals surface area contributed by atoms with Gasteiger partial charge in [0.25, 0.3) is 0 Å². The molecule has 0 aromatic heterocycles. The second-order valence-corrected chi connectivity index (χ2v) is 9.19. The van der Waals surface area contributed by atoms with Gasteiger partial charge in [0.05, 0.1) is 22.7 Å². The van der Waals surface area contributed by atoms with Crippen LogP contribution in [0.25, 0.3) is 0 Å². The molecule has 2 aliphatic rings. The lowest BCUT2D eigenvalue weighted by Gasteiger charge is -2.44. The van der Waals surface area contributed by atoms with Gasteiger partial charge in [0.15, 0.2) is 0 Å². The summed E-state index contributed by atoms with van der Waals surface area (Å²) in [5, 5.41) is 1.11. The van der Waals surface area contributed by atoms with Gasteiger partial charge in [-0.25, -0.2) is 4.39 Å². The van der Waals surface area contributed by atoms with Gasteiger partial charge in [-0.2, -0.15) is 0 Å². The van der Waals surface area contributed by atoms with E-state index < -0.39 is 5.83 Å². The van der Waals surface area contributed by atoms with Crippen LogP contribution in [0.15, 0.2) is 84.9 Å². The quantitative estimate of drug-likeness (QED) is 0.260. The molecular weight excluding hydrogens is 456 g/mol. The molecule has 1 heterocycles. The van der Waals surface area contributed by atoms with Crippen LogP contribution < -0.4 is 0 Å². The number of nitrogens with zero attached hydrogens (tertiary/aromatic N) is 1. The van der Waals surface area contributed by atoms with Crippen LogP contribution in [0.5, 0.6) is 0 Å². The van der Waals surface area contributed by atoms with E-state index >= 15 is 0 Å². The number of hydrogen-bond acceptors (Lipinski definition) is 2. The Morgan fingerprint density at radius 1 is 1.06 bits per heavy atom. The van der Waals surface area contributed by atoms with Gasteiger partial charge >= 0.3 is 0 Å². The van der Waals surface area contributed by atoms with Crippen molar-refractivity contribution in [1.82, 2.24) is 4.90 Å². The van der Waals surface area contributed by atoms with Crippen molar-refractivity contribution in [3.05, 3.63) is 106 Å². The molecule has 2 fully saturated rings. The Kier molecular flexibility index (Phi) is 9.19. The van der Waals surface area contributed by atoms with Gasteiger partial charge in [-0.1, -0.05) is 86.6 Å². The number of rotatable bonds is 9. The minimum absolute atomic E-state index is 0.0919. The fraction of sp³-hybridized carbons (Fsp3) is 0.357. The van der Waals surface area contributed by atoms with Crippen LogP contribution in [0.3, 0.4) is 0 Å². The average molecular weight is 488 g/mol. The summed E-state index contributed by atoms with van der Waals surface area (Å²) in [6.45, 7) is 13.7. The highest BCUT2D eigenvalue weighted by Gasteiger charge is 2.35. The number of likely N-dealkylation sites (tertiary alicyclic amines) is 1. The Hall–Kier alpha value is -2.07. The molecule has 1 atom stereocenters. The highest BCUT2D eigenvalue weighted by Crippen LogP contribution is 2.40. The Labute approximate surface area is 207 Å². The van der Waals surface area contributed by atoms with E-state index in [4.69, 9.17) is 27.9 Å². The molecule has 0 amide bonds. The minimum atomic E-state index is -0.504. The number of allylic oxidation sites excluding steroid dienone is 3. The molecule has 2 aromatic carbocycles. The van der Waals surface area contributed by atoms with E-state index in [1.807, 2.05) is 50.2 Å². The standard InChI is InChI=1S/C26H26Cl2FNO.C2H6/c1-17(29)12-25(18(2)20-8-9-20)31-16-19-14-30(15-19)26(21-6-4-3-5-7-21)22-10-11-23(27)24(28)13-22;1-2/h3-7,10-13,19-20,26H,1-2,8-9,14-16H2;1-2H3/b25-12+;. The molecule has 1 saturated heterocycles. The summed E-state index contributed by atoms with van der Waals surface area (Å²) in [6, 6.07) is 16.3. The van der Waals surface area contributed by atoms with Crippen LogP contribution >= 0.6 is 23.2 Å². The van der Waals surface area contributed by atoms with E-state index in [-0.39, 0.29) is 6.04 Å². The van der Waals surface area contributed by atoms with Crippen molar-refractivity contribution in [2.45, 2.75) is 32.7 Å². The van der Waals surface area contributed by atoms with E-state index in [1.54, 1.807) is 0 Å². The van der Waals surface area contributed by atoms with Gasteiger partial charge in [-0.3, -0.25) is 4.90 Å². The Morgan fingerprint density at radius 3 is 2.30 bits per heavy atom. The van der Waals surface area contributed by atoms with Crippen molar-refractivity contribution in [2.24, 2.45) is 11.8 Å². The molecule has 2 aromatic rings. The normalized spacial score (nSPS) is 17.4. The van der Waals surface area contributed by atoms with Crippen LogP contribution in [0.2, 0.25) is 10.0 Å². The van der Waals surface area contributed by atoms with Gasteiger partial charge < -0.3 is 4.74 Å². The Bertz CT molecular complexity index is 994. The first-order valence-electron chi connectivity index (χ1n) is 11.5. The highest BCUT2D eigenvalue weighted by atomic mass is 35.5. The van der Waals surface area contributed by atoms with Crippen molar-refractivity contribution in [1.29, 1.82) is 0 Å². The smallest absolute Gasteiger partial charge is 0.125 e. The number of ether oxygens (including phenoxy) is 1. The summed E-state index contributed by atoms with van der Waals surface area (Å²) < 4.78 is 19.4. The maximum Gasteiger partial charge on any atom is 0.125 e. The lowest BCUT2D eigenvalue weighted by atomic mass is 9.90. The van der Waals surface area contributed by atoms with Crippen LogP contribution in [0.1, 0.15) is 43.9 Å². The van der Waals surface area contributed by atoms with Crippen molar-refractivity contribution in [2.75, 3.05) is 19.7 Å². The molecule has 1 aliphatic carbocycles. The maximum atomic E-state index is 13.4. The molecule has 1 aliphatic heterocycles. The summed E-state index contributed by atoms with van der Waals surface area (Å²) in [4.78, 5) is 2.40. The third-order valence-corrected chi connectivity index (χ3v) is 6.61. The average Bonchev–Trinajstić information content (AvgIpc) is 3.63. The molecule has 0 spiro atoms. The molecule has 0 radical (unpaired) electrons. The molecule has 176 valence electrons. The van der Waals surface area contributed by atoms with Gasteiger partial charge in [0, 0.05) is 25.1 Å². The molecule has 0 bridgehead atoms. The first-order valence-corrected chi connectivity index (χ1v) is 12.3. The Balaban J connectivity index is 0.00000149. The molecule has 1 saturated carbocycles. The van der Waals surface area contributed by atoms with E-state index in [9.17, 15) is 4.39 Å². The number of halogens is 3. The van der Waals surface area contributed by atoms with Gasteiger partial charge in [0.1, 0.15) is 11.6 Å². The second kappa shape index (κ2) is 11.9. The topological polar surface area (TPSA) is 12.5 Å². The van der Waals surface area contributed by atoms with Crippen molar-refractivity contribution in [3.63, 3.8) is 0 Å². The fourth-order valence-electron chi connectivity index (χ4n) is 4.07. The second-order valence-electron chi connectivity index (χ2n) is 8.37. The van der Waals surface area contributed by atoms with Crippen LogP contribution in [0, 0.1) is 11.8 Å². The lowest BCUT2D eigenvalue weighted by Crippen LogP contribution is -2.50. The SMILES string of the molecule is C=C(F)/C=C(/OCC1CN(C(c2ccccc2)c2ccc(Cl)c(Cl)c2)C1)C(=C)C1CC1.CC. The lowest BCUT2D eigenvalue weighted by molar-refractivity contribution is 0.0205. The molecule has 1 unspecified atom stereocenters. The zero-order valence-corrected chi connectivity index (χ0v) is 20.9. The monoisotopic (exact) mass is 487 g/mol. The predicted molar refractivity (Wildman–Crippen MR) is 137 cm³/mol. The predicted octanol–water partition coefficient (Wildman–Crippen LogP) is 8.39. The third kappa shape index (κ3) is 6.72. The van der Waals surface area contributed by atoms with Crippen molar-refractivity contribution < 1.29 is 9.13 Å². The van der Waals surface area contributed by atoms with Crippen LogP contribution in [-0.2, 0) is 4.74 Å². The number of hydrogen-bond donors (Lipinski definition) is 0. The zero-order chi connectivity index (χ0) is 24.0. The molecule has 5 heteroatoms. The first kappa shape index (κ1) is 25.6. The van der Waals surface area contributed by atoms with Gasteiger partial charge in [-0.15, -0.1) is 0 Å². The van der Waals surface area contributed by atoms with E-state index in [1.165, 1.54) is 11.6 Å². The van der Waals surface area contributed by atoms with Crippen LogP contribution in [0.4, 0.5) is 4.39 Å². The summed E-state index contributed by atoms with van der Waals surface area (Å²) >= 11 is 12.4. The van der Waals surface area contributed by atoms with Crippen LogP contribution in [-0.4, -0.2) is 24.6 Å². The Morgan fingerprint density at radius 2 is 1.73 bits per heavy atom. The van der Waals surface area contributed by atoms with E-state index in [0.29, 0.717) is 34.2 Å². The summed E-state index contributed by atoms with van der Waals surface area (Å²) in [5.74, 6) is 0.811. The molecular formula is C28H32Cl2FNO. The van der Waals surface area contributed by atoms with Crippen molar-refractivity contribution in [3.8, 4) is 0 Å². The van der Waals surface area contributed by atoms with Gasteiger partial charge in [-0.05, 0) is 47.6 Å². The zero-order valence-electron chi connectivity index (χ0n) is 19.4. The largest absolute Gasteiger partial charge is 0.493 e. The summed E-state index contributed by atoms with van der Waals surface area (Å²) in [7, 11) is 0. The summed E-state index contributed by atoms with van der Waals surface area (Å²) in [5.41, 5.74) is 3.20. The third-order valence-electron chi connectivity index (χ3n) is 5.87. The van der Waals surface area contributed by atoms with Gasteiger partial charge in [0.2, 0.25) is 0 Å². The fourth-order valence-corrected chi connectivity index (χ4v) is 4.37. The molecule has 2 nitrogen and oxygen atoms in total. The van der Waals surface area contributed by atoms with E-state index in [0.717, 1.165) is 37.1 Å². The minimum Gasteiger partial charge on any atom is -0.493 e. The highest BCUT2D eigenvalue weighted by molar-refractivity contribution is 6.42. The van der Waals surface area contributed by atoms with Crippen molar-refractivity contribution >= 4 is 23.2 Å². The number of benzene rings is 2. The summed E-state index contributed by atoms with van der Waals surface area (Å²) in [6.07, 6.45) is 3.55. The molecule has 0 N–H and O–H groups in total.